The van der Waals surface area contributed by atoms with E-state index in [4.69, 9.17) is 0 Å². The molecule has 4 heteroatoms. The molecule has 0 radical (unpaired) electrons. The molecule has 1 aliphatic rings. The van der Waals surface area contributed by atoms with E-state index in [0.29, 0.717) is 24.1 Å². The Morgan fingerprint density at radius 3 is 2.44 bits per heavy atom. The van der Waals surface area contributed by atoms with Crippen LogP contribution in [-0.4, -0.2) is 33.8 Å². The fourth-order valence-electron chi connectivity index (χ4n) is 1.71. The molecule has 0 aromatic heterocycles. The summed E-state index contributed by atoms with van der Waals surface area (Å²) in [5.74, 6) is 0.547. The van der Waals surface area contributed by atoms with Gasteiger partial charge in [0, 0.05) is 13.0 Å². The molecule has 1 rings (SSSR count). The highest BCUT2D eigenvalue weighted by Gasteiger charge is 2.38. The normalized spacial score (nSPS) is 21.6. The molecule has 1 heterocycles. The molecule has 1 aliphatic heterocycles. The summed E-state index contributed by atoms with van der Waals surface area (Å²) in [5, 5.41) is 0.256. The quantitative estimate of drug-likeness (QED) is 0.695. The van der Waals surface area contributed by atoms with E-state index >= 15 is 0 Å². The Morgan fingerprint density at radius 1 is 1.31 bits per heavy atom. The van der Waals surface area contributed by atoms with Gasteiger partial charge in [0.25, 0.3) is 0 Å². The van der Waals surface area contributed by atoms with Crippen LogP contribution in [0.25, 0.3) is 0 Å². The number of carbonyl (C=O) groups is 2. The fraction of sp³-hybridized carbons (Fsp3) is 0.833. The van der Waals surface area contributed by atoms with Crippen molar-refractivity contribution in [3.8, 4) is 0 Å². The van der Waals surface area contributed by atoms with Crippen molar-refractivity contribution < 1.29 is 9.59 Å². The number of hydrogen-bond donors (Lipinski definition) is 0. The van der Waals surface area contributed by atoms with Crippen LogP contribution in [0.2, 0.25) is 0 Å². The summed E-state index contributed by atoms with van der Waals surface area (Å²) in [4.78, 5) is 25.1. The van der Waals surface area contributed by atoms with Crippen LogP contribution in [-0.2, 0) is 9.59 Å². The maximum Gasteiger partial charge on any atom is 0.242 e. The molecule has 0 aliphatic carbocycles. The minimum Gasteiger partial charge on any atom is -0.282 e. The van der Waals surface area contributed by atoms with Crippen molar-refractivity contribution in [2.45, 2.75) is 51.0 Å². The minimum atomic E-state index is -0.139. The number of thioether (sulfide) groups is 1. The van der Waals surface area contributed by atoms with Gasteiger partial charge in [-0.3, -0.25) is 14.5 Å². The van der Waals surface area contributed by atoms with Crippen molar-refractivity contribution >= 4 is 23.6 Å². The number of rotatable bonds is 5. The Hall–Kier alpha value is -0.510. The fourth-order valence-corrected chi connectivity index (χ4v) is 2.85. The monoisotopic (exact) mass is 243 g/mol. The third-order valence-electron chi connectivity index (χ3n) is 2.57. The maximum atomic E-state index is 11.9. The van der Waals surface area contributed by atoms with Crippen LogP contribution in [0.3, 0.4) is 0 Å². The Labute approximate surface area is 102 Å². The average Bonchev–Trinajstić information content (AvgIpc) is 2.39. The number of carbonyl (C=O) groups excluding carboxylic acids is 2. The molecule has 0 bridgehead atoms. The smallest absolute Gasteiger partial charge is 0.242 e. The van der Waals surface area contributed by atoms with Crippen molar-refractivity contribution in [3.63, 3.8) is 0 Å². The molecule has 1 fully saturated rings. The van der Waals surface area contributed by atoms with Gasteiger partial charge in [-0.25, -0.2) is 0 Å². The van der Waals surface area contributed by atoms with E-state index < -0.39 is 0 Å². The molecule has 0 saturated carbocycles. The second kappa shape index (κ2) is 5.71. The van der Waals surface area contributed by atoms with E-state index in [2.05, 4.69) is 27.7 Å². The van der Waals surface area contributed by atoms with Crippen LogP contribution in [0.1, 0.15) is 40.5 Å². The van der Waals surface area contributed by atoms with E-state index in [1.165, 1.54) is 4.90 Å². The van der Waals surface area contributed by atoms with Gasteiger partial charge < -0.3 is 0 Å². The summed E-state index contributed by atoms with van der Waals surface area (Å²) in [5.41, 5.74) is 0. The standard InChI is InChI=1S/C12H21NO2S/c1-8(2)5-6-13-11(14)7-10(12(13)15)16-9(3)4/h8-10H,5-7H2,1-4H3. The third kappa shape index (κ3) is 3.51. The molecule has 1 atom stereocenters. The number of likely N-dealkylation sites (tertiary alicyclic amines) is 1. The van der Waals surface area contributed by atoms with Crippen LogP contribution in [0.15, 0.2) is 0 Å². The first-order valence-electron chi connectivity index (χ1n) is 5.91. The molecular weight excluding hydrogens is 222 g/mol. The van der Waals surface area contributed by atoms with Crippen molar-refractivity contribution in [3.05, 3.63) is 0 Å². The second-order valence-electron chi connectivity index (χ2n) is 4.94. The molecular formula is C12H21NO2S. The van der Waals surface area contributed by atoms with Crippen LogP contribution in [0.4, 0.5) is 0 Å². The van der Waals surface area contributed by atoms with Gasteiger partial charge in [0.15, 0.2) is 0 Å². The second-order valence-corrected chi connectivity index (χ2v) is 6.73. The summed E-state index contributed by atoms with van der Waals surface area (Å²) in [6, 6.07) is 0. The Kier molecular flexibility index (Phi) is 4.84. The molecule has 1 unspecified atom stereocenters. The highest BCUT2D eigenvalue weighted by molar-refractivity contribution is 8.01. The van der Waals surface area contributed by atoms with Crippen molar-refractivity contribution in [1.29, 1.82) is 0 Å². The minimum absolute atomic E-state index is 0.00352. The summed E-state index contributed by atoms with van der Waals surface area (Å²) in [7, 11) is 0. The summed E-state index contributed by atoms with van der Waals surface area (Å²) in [6.45, 7) is 8.90. The lowest BCUT2D eigenvalue weighted by atomic mass is 10.1. The van der Waals surface area contributed by atoms with Crippen molar-refractivity contribution in [2.75, 3.05) is 6.54 Å². The van der Waals surface area contributed by atoms with E-state index in [9.17, 15) is 9.59 Å². The van der Waals surface area contributed by atoms with Crippen LogP contribution >= 0.6 is 11.8 Å². The highest BCUT2D eigenvalue weighted by Crippen LogP contribution is 2.28. The number of amides is 2. The zero-order valence-electron chi connectivity index (χ0n) is 10.5. The Bertz CT molecular complexity index is 276. The zero-order chi connectivity index (χ0) is 12.3. The largest absolute Gasteiger partial charge is 0.282 e. The molecule has 1 saturated heterocycles. The molecule has 0 spiro atoms. The van der Waals surface area contributed by atoms with Gasteiger partial charge >= 0.3 is 0 Å². The first-order chi connectivity index (χ1) is 7.41. The highest BCUT2D eigenvalue weighted by atomic mass is 32.2. The molecule has 3 nitrogen and oxygen atoms in total. The maximum absolute atomic E-state index is 11.9. The molecule has 0 aromatic rings. The predicted molar refractivity (Wildman–Crippen MR) is 67.3 cm³/mol. The van der Waals surface area contributed by atoms with E-state index in [1.54, 1.807) is 11.8 Å². The van der Waals surface area contributed by atoms with E-state index in [1.807, 2.05) is 0 Å². The first-order valence-corrected chi connectivity index (χ1v) is 6.85. The van der Waals surface area contributed by atoms with E-state index in [-0.39, 0.29) is 17.1 Å². The SMILES string of the molecule is CC(C)CCN1C(=O)CC(SC(C)C)C1=O. The molecule has 16 heavy (non-hydrogen) atoms. The Morgan fingerprint density at radius 2 is 1.94 bits per heavy atom. The molecule has 0 N–H and O–H groups in total. The zero-order valence-corrected chi connectivity index (χ0v) is 11.3. The third-order valence-corrected chi connectivity index (χ3v) is 3.81. The van der Waals surface area contributed by atoms with Crippen molar-refractivity contribution in [1.82, 2.24) is 4.90 Å². The van der Waals surface area contributed by atoms with Crippen LogP contribution in [0.5, 0.6) is 0 Å². The number of hydrogen-bond acceptors (Lipinski definition) is 3. The lowest BCUT2D eigenvalue weighted by Crippen LogP contribution is -2.33. The number of imide groups is 1. The number of nitrogens with zero attached hydrogens (tertiary/aromatic N) is 1. The van der Waals surface area contributed by atoms with Crippen molar-refractivity contribution in [2.24, 2.45) is 5.92 Å². The Balaban J connectivity index is 2.53. The molecule has 0 aromatic carbocycles. The average molecular weight is 243 g/mol. The van der Waals surface area contributed by atoms with Gasteiger partial charge in [-0.2, -0.15) is 0 Å². The topological polar surface area (TPSA) is 37.4 Å². The lowest BCUT2D eigenvalue weighted by molar-refractivity contribution is -0.138. The summed E-state index contributed by atoms with van der Waals surface area (Å²) >= 11 is 1.60. The first kappa shape index (κ1) is 13.6. The van der Waals surface area contributed by atoms with Crippen LogP contribution in [0, 0.1) is 5.92 Å². The van der Waals surface area contributed by atoms with E-state index in [0.717, 1.165) is 6.42 Å². The van der Waals surface area contributed by atoms with Gasteiger partial charge in [-0.05, 0) is 17.6 Å². The summed E-state index contributed by atoms with van der Waals surface area (Å²) in [6.07, 6.45) is 1.29. The van der Waals surface area contributed by atoms with Gasteiger partial charge in [0.05, 0.1) is 5.25 Å². The predicted octanol–water partition coefficient (Wildman–Crippen LogP) is 2.30. The molecule has 2 amide bonds. The van der Waals surface area contributed by atoms with Gasteiger partial charge in [-0.1, -0.05) is 27.7 Å². The van der Waals surface area contributed by atoms with Gasteiger partial charge in [0.2, 0.25) is 11.8 Å². The lowest BCUT2D eigenvalue weighted by Gasteiger charge is -2.16. The molecule has 92 valence electrons. The van der Waals surface area contributed by atoms with Gasteiger partial charge in [-0.15, -0.1) is 11.8 Å². The summed E-state index contributed by atoms with van der Waals surface area (Å²) < 4.78 is 0. The van der Waals surface area contributed by atoms with Crippen LogP contribution < -0.4 is 0 Å². The van der Waals surface area contributed by atoms with Gasteiger partial charge in [0.1, 0.15) is 0 Å².